The molecule has 0 aliphatic heterocycles. The normalized spacial score (nSPS) is 10.4. The molecule has 0 spiro atoms. The van der Waals surface area contributed by atoms with Crippen LogP contribution >= 0.6 is 0 Å². The Morgan fingerprint density at radius 2 is 2.11 bits per heavy atom. The van der Waals surface area contributed by atoms with Gasteiger partial charge in [-0.3, -0.25) is 9.97 Å². The monoisotopic (exact) mass is 243 g/mol. The summed E-state index contributed by atoms with van der Waals surface area (Å²) in [5, 5.41) is 0. The van der Waals surface area contributed by atoms with Crippen LogP contribution < -0.4 is 10.5 Å². The van der Waals surface area contributed by atoms with Gasteiger partial charge in [0.25, 0.3) is 0 Å². The van der Waals surface area contributed by atoms with E-state index in [9.17, 15) is 0 Å². The second-order valence-corrected chi connectivity index (χ2v) is 4.04. The maximum Gasteiger partial charge on any atom is 0.148 e. The Morgan fingerprint density at radius 1 is 1.28 bits per heavy atom. The van der Waals surface area contributed by atoms with Crippen molar-refractivity contribution in [3.05, 3.63) is 47.5 Å². The molecule has 0 aromatic carbocycles. The highest BCUT2D eigenvalue weighted by Gasteiger charge is 2.06. The number of nitrogens with two attached hydrogens (primary N) is 1. The molecule has 0 atom stereocenters. The lowest BCUT2D eigenvalue weighted by atomic mass is 10.2. The van der Waals surface area contributed by atoms with Crippen LogP contribution in [0, 0.1) is 6.92 Å². The summed E-state index contributed by atoms with van der Waals surface area (Å²) in [6, 6.07) is 7.56. The summed E-state index contributed by atoms with van der Waals surface area (Å²) >= 11 is 0. The van der Waals surface area contributed by atoms with Crippen molar-refractivity contribution in [1.82, 2.24) is 9.97 Å². The summed E-state index contributed by atoms with van der Waals surface area (Å²) in [4.78, 5) is 8.60. The van der Waals surface area contributed by atoms with Gasteiger partial charge in [-0.2, -0.15) is 0 Å². The Labute approximate surface area is 107 Å². The fourth-order valence-corrected chi connectivity index (χ4v) is 1.70. The zero-order valence-electron chi connectivity index (χ0n) is 10.7. The van der Waals surface area contributed by atoms with Gasteiger partial charge in [0.2, 0.25) is 0 Å². The van der Waals surface area contributed by atoms with E-state index in [0.717, 1.165) is 35.0 Å². The van der Waals surface area contributed by atoms with Crippen molar-refractivity contribution >= 4 is 0 Å². The number of rotatable bonds is 4. The quantitative estimate of drug-likeness (QED) is 0.896. The predicted molar refractivity (Wildman–Crippen MR) is 70.6 cm³/mol. The Kier molecular flexibility index (Phi) is 3.89. The molecule has 0 aliphatic carbocycles. The average Bonchev–Trinajstić information content (AvgIpc) is 2.41. The first-order valence-electron chi connectivity index (χ1n) is 6.02. The first-order valence-corrected chi connectivity index (χ1v) is 6.02. The lowest BCUT2D eigenvalue weighted by Crippen LogP contribution is -2.00. The molecule has 2 aromatic rings. The molecule has 0 radical (unpaired) electrons. The average molecular weight is 243 g/mol. The first-order chi connectivity index (χ1) is 8.72. The van der Waals surface area contributed by atoms with Crippen molar-refractivity contribution in [1.29, 1.82) is 0 Å². The summed E-state index contributed by atoms with van der Waals surface area (Å²) in [5.41, 5.74) is 8.32. The molecule has 2 N–H and O–H groups in total. The lowest BCUT2D eigenvalue weighted by molar-refractivity contribution is 0.471. The van der Waals surface area contributed by atoms with Crippen LogP contribution in [0.4, 0.5) is 0 Å². The van der Waals surface area contributed by atoms with Crippen LogP contribution in [0.1, 0.15) is 24.0 Å². The SMILES string of the molecule is CCc1nc(C)ccc1Oc1ccnc(CN)c1. The van der Waals surface area contributed by atoms with Gasteiger partial charge >= 0.3 is 0 Å². The van der Waals surface area contributed by atoms with Gasteiger partial charge < -0.3 is 10.5 Å². The zero-order valence-corrected chi connectivity index (χ0v) is 10.7. The van der Waals surface area contributed by atoms with Crippen molar-refractivity contribution in [2.75, 3.05) is 0 Å². The van der Waals surface area contributed by atoms with E-state index >= 15 is 0 Å². The van der Waals surface area contributed by atoms with Crippen molar-refractivity contribution in [2.24, 2.45) is 5.73 Å². The number of aryl methyl sites for hydroxylation is 2. The summed E-state index contributed by atoms with van der Waals surface area (Å²) in [6.07, 6.45) is 2.54. The van der Waals surface area contributed by atoms with Crippen molar-refractivity contribution in [2.45, 2.75) is 26.8 Å². The van der Waals surface area contributed by atoms with E-state index in [4.69, 9.17) is 10.5 Å². The van der Waals surface area contributed by atoms with Crippen LogP contribution in [0.25, 0.3) is 0 Å². The number of aromatic nitrogens is 2. The predicted octanol–water partition coefficient (Wildman–Crippen LogP) is 2.60. The van der Waals surface area contributed by atoms with Gasteiger partial charge in [0.15, 0.2) is 0 Å². The molecule has 2 aromatic heterocycles. The molecule has 0 fully saturated rings. The minimum atomic E-state index is 0.407. The maximum absolute atomic E-state index is 5.84. The van der Waals surface area contributed by atoms with Crippen LogP contribution in [0.2, 0.25) is 0 Å². The van der Waals surface area contributed by atoms with E-state index in [2.05, 4.69) is 16.9 Å². The Hall–Kier alpha value is -1.94. The molecule has 4 nitrogen and oxygen atoms in total. The zero-order chi connectivity index (χ0) is 13.0. The summed E-state index contributed by atoms with van der Waals surface area (Å²) in [6.45, 7) is 4.44. The number of hydrogen-bond donors (Lipinski definition) is 1. The van der Waals surface area contributed by atoms with Crippen molar-refractivity contribution in [3.8, 4) is 11.5 Å². The molecular formula is C14H17N3O. The number of ether oxygens (including phenoxy) is 1. The molecule has 4 heteroatoms. The fourth-order valence-electron chi connectivity index (χ4n) is 1.70. The van der Waals surface area contributed by atoms with E-state index in [1.807, 2.05) is 31.2 Å². The molecular weight excluding hydrogens is 226 g/mol. The van der Waals surface area contributed by atoms with Gasteiger partial charge in [-0.25, -0.2) is 0 Å². The fraction of sp³-hybridized carbons (Fsp3) is 0.286. The molecule has 0 unspecified atom stereocenters. The standard InChI is InChI=1S/C14H17N3O/c1-3-13-14(5-4-10(2)17-13)18-12-6-7-16-11(8-12)9-15/h4-8H,3,9,15H2,1-2H3. The van der Waals surface area contributed by atoms with E-state index in [-0.39, 0.29) is 0 Å². The van der Waals surface area contributed by atoms with E-state index in [1.54, 1.807) is 6.20 Å². The molecule has 2 rings (SSSR count). The Bertz CT molecular complexity index is 540. The lowest BCUT2D eigenvalue weighted by Gasteiger charge is -2.10. The van der Waals surface area contributed by atoms with E-state index in [0.29, 0.717) is 6.54 Å². The van der Waals surface area contributed by atoms with Crippen LogP contribution in [0.5, 0.6) is 11.5 Å². The highest BCUT2D eigenvalue weighted by atomic mass is 16.5. The second kappa shape index (κ2) is 5.60. The topological polar surface area (TPSA) is 61.0 Å². The Morgan fingerprint density at radius 3 is 2.83 bits per heavy atom. The molecule has 0 bridgehead atoms. The van der Waals surface area contributed by atoms with Crippen molar-refractivity contribution in [3.63, 3.8) is 0 Å². The van der Waals surface area contributed by atoms with Gasteiger partial charge in [0.05, 0.1) is 11.4 Å². The summed E-state index contributed by atoms with van der Waals surface area (Å²) in [7, 11) is 0. The van der Waals surface area contributed by atoms with Crippen LogP contribution in [-0.2, 0) is 13.0 Å². The first kappa shape index (κ1) is 12.5. The molecule has 94 valence electrons. The van der Waals surface area contributed by atoms with Crippen LogP contribution in [-0.4, -0.2) is 9.97 Å². The van der Waals surface area contributed by atoms with Crippen LogP contribution in [0.3, 0.4) is 0 Å². The molecule has 0 saturated carbocycles. The number of hydrogen-bond acceptors (Lipinski definition) is 4. The second-order valence-electron chi connectivity index (χ2n) is 4.04. The highest BCUT2D eigenvalue weighted by molar-refractivity contribution is 5.35. The van der Waals surface area contributed by atoms with Gasteiger partial charge in [-0.15, -0.1) is 0 Å². The molecule has 2 heterocycles. The maximum atomic E-state index is 5.84. The number of pyridine rings is 2. The van der Waals surface area contributed by atoms with Gasteiger partial charge in [-0.05, 0) is 31.5 Å². The third-order valence-electron chi connectivity index (χ3n) is 2.63. The molecule has 18 heavy (non-hydrogen) atoms. The van der Waals surface area contributed by atoms with Crippen molar-refractivity contribution < 1.29 is 4.74 Å². The van der Waals surface area contributed by atoms with Gasteiger partial charge in [-0.1, -0.05) is 6.92 Å². The molecule has 0 aliphatic rings. The number of nitrogens with zero attached hydrogens (tertiary/aromatic N) is 2. The third-order valence-corrected chi connectivity index (χ3v) is 2.63. The molecule has 0 saturated heterocycles. The van der Waals surface area contributed by atoms with E-state index in [1.165, 1.54) is 0 Å². The highest BCUT2D eigenvalue weighted by Crippen LogP contribution is 2.24. The van der Waals surface area contributed by atoms with Gasteiger partial charge in [0, 0.05) is 24.5 Å². The van der Waals surface area contributed by atoms with Gasteiger partial charge in [0.1, 0.15) is 11.5 Å². The van der Waals surface area contributed by atoms with E-state index < -0.39 is 0 Å². The molecule has 0 amide bonds. The summed E-state index contributed by atoms with van der Waals surface area (Å²) < 4.78 is 5.84. The third kappa shape index (κ3) is 2.84. The minimum Gasteiger partial charge on any atom is -0.455 e. The summed E-state index contributed by atoms with van der Waals surface area (Å²) in [5.74, 6) is 1.53. The minimum absolute atomic E-state index is 0.407. The smallest absolute Gasteiger partial charge is 0.148 e. The Balaban J connectivity index is 2.27. The largest absolute Gasteiger partial charge is 0.455 e. The van der Waals surface area contributed by atoms with Crippen LogP contribution in [0.15, 0.2) is 30.5 Å².